The zero-order valence-electron chi connectivity index (χ0n) is 16.9. The summed E-state index contributed by atoms with van der Waals surface area (Å²) in [4.78, 5) is 24.5. The van der Waals surface area contributed by atoms with Gasteiger partial charge in [0.05, 0.1) is 25.2 Å². The molecule has 1 heterocycles. The lowest BCUT2D eigenvalue weighted by atomic mass is 9.95. The minimum absolute atomic E-state index is 0.0722. The Morgan fingerprint density at radius 3 is 2.48 bits per heavy atom. The minimum atomic E-state index is -0.493. The lowest BCUT2D eigenvalue weighted by molar-refractivity contribution is -0.130. The molecule has 0 radical (unpaired) electrons. The SMILES string of the molecule is O=C(C[C@H]1CC[C@@H](NC(=O)NC2CCCCC2)[C@H](CO)O1)NCc1ccccc1. The van der Waals surface area contributed by atoms with Gasteiger partial charge in [-0.25, -0.2) is 4.79 Å². The lowest BCUT2D eigenvalue weighted by Crippen LogP contribution is -2.55. The smallest absolute Gasteiger partial charge is 0.315 e. The molecule has 0 bridgehead atoms. The molecular weight excluding hydrogens is 370 g/mol. The van der Waals surface area contributed by atoms with Crippen molar-refractivity contribution in [1.29, 1.82) is 0 Å². The second kappa shape index (κ2) is 11.2. The molecule has 0 spiro atoms. The van der Waals surface area contributed by atoms with E-state index in [1.54, 1.807) is 0 Å². The van der Waals surface area contributed by atoms with Crippen molar-refractivity contribution < 1.29 is 19.4 Å². The van der Waals surface area contributed by atoms with E-state index in [1.165, 1.54) is 6.42 Å². The average molecular weight is 404 g/mol. The molecule has 2 fully saturated rings. The zero-order valence-corrected chi connectivity index (χ0v) is 16.9. The maximum Gasteiger partial charge on any atom is 0.315 e. The molecule has 0 aromatic heterocycles. The van der Waals surface area contributed by atoms with Crippen LogP contribution in [0, 0.1) is 0 Å². The van der Waals surface area contributed by atoms with Crippen LogP contribution in [0.25, 0.3) is 0 Å². The van der Waals surface area contributed by atoms with Gasteiger partial charge in [-0.05, 0) is 31.2 Å². The van der Waals surface area contributed by atoms with Crippen LogP contribution in [0.5, 0.6) is 0 Å². The molecule has 2 aliphatic rings. The van der Waals surface area contributed by atoms with Gasteiger partial charge in [-0.15, -0.1) is 0 Å². The summed E-state index contributed by atoms with van der Waals surface area (Å²) in [6.45, 7) is 0.303. The van der Waals surface area contributed by atoms with Gasteiger partial charge in [0.2, 0.25) is 5.91 Å². The molecule has 0 unspecified atom stereocenters. The first-order chi connectivity index (χ1) is 14.1. The van der Waals surface area contributed by atoms with Gasteiger partial charge in [0, 0.05) is 12.6 Å². The predicted octanol–water partition coefficient (Wildman–Crippen LogP) is 2.23. The number of benzene rings is 1. The van der Waals surface area contributed by atoms with E-state index < -0.39 is 6.10 Å². The van der Waals surface area contributed by atoms with Crippen LogP contribution < -0.4 is 16.0 Å². The monoisotopic (exact) mass is 403 g/mol. The first-order valence-corrected chi connectivity index (χ1v) is 10.8. The normalized spacial score (nSPS) is 25.2. The van der Waals surface area contributed by atoms with Crippen molar-refractivity contribution in [2.75, 3.05) is 6.61 Å². The van der Waals surface area contributed by atoms with Gasteiger partial charge in [-0.3, -0.25) is 4.79 Å². The number of hydrogen-bond donors (Lipinski definition) is 4. The second-order valence-electron chi connectivity index (χ2n) is 8.08. The molecular formula is C22H33N3O4. The summed E-state index contributed by atoms with van der Waals surface area (Å²) >= 11 is 0. The Morgan fingerprint density at radius 2 is 1.76 bits per heavy atom. The highest BCUT2D eigenvalue weighted by atomic mass is 16.5. The fourth-order valence-corrected chi connectivity index (χ4v) is 4.16. The number of aliphatic hydroxyl groups excluding tert-OH is 1. The summed E-state index contributed by atoms with van der Waals surface area (Å²) in [5.41, 5.74) is 1.05. The molecule has 7 nitrogen and oxygen atoms in total. The third-order valence-corrected chi connectivity index (χ3v) is 5.80. The Bertz CT molecular complexity index is 649. The maximum atomic E-state index is 12.3. The predicted molar refractivity (Wildman–Crippen MR) is 110 cm³/mol. The topological polar surface area (TPSA) is 99.7 Å². The molecule has 1 saturated carbocycles. The third kappa shape index (κ3) is 7.01. The van der Waals surface area contributed by atoms with Crippen LogP contribution in [0.15, 0.2) is 30.3 Å². The molecule has 1 saturated heterocycles. The van der Waals surface area contributed by atoms with Crippen molar-refractivity contribution in [3.8, 4) is 0 Å². The maximum absolute atomic E-state index is 12.3. The molecule has 3 amide bonds. The highest BCUT2D eigenvalue weighted by molar-refractivity contribution is 5.76. The van der Waals surface area contributed by atoms with Crippen molar-refractivity contribution in [3.63, 3.8) is 0 Å². The Labute approximate surface area is 172 Å². The van der Waals surface area contributed by atoms with E-state index in [-0.39, 0.29) is 43.2 Å². The van der Waals surface area contributed by atoms with E-state index in [4.69, 9.17) is 4.74 Å². The van der Waals surface area contributed by atoms with Crippen molar-refractivity contribution in [1.82, 2.24) is 16.0 Å². The number of ether oxygens (including phenoxy) is 1. The standard InChI is InChI=1S/C22H33N3O4/c26-15-20-19(25-22(28)24-17-9-5-2-6-10-17)12-11-18(29-20)13-21(27)23-14-16-7-3-1-4-8-16/h1,3-4,7-8,17-20,26H,2,5-6,9-15H2,(H,23,27)(H2,24,25,28)/t18-,19-,20+/m1/s1. The van der Waals surface area contributed by atoms with Crippen LogP contribution in [0.4, 0.5) is 4.79 Å². The molecule has 4 N–H and O–H groups in total. The number of rotatable bonds is 7. The number of carbonyl (C=O) groups excluding carboxylic acids is 2. The highest BCUT2D eigenvalue weighted by Gasteiger charge is 2.33. The quantitative estimate of drug-likeness (QED) is 0.561. The van der Waals surface area contributed by atoms with Crippen LogP contribution in [-0.2, 0) is 16.1 Å². The fraction of sp³-hybridized carbons (Fsp3) is 0.636. The van der Waals surface area contributed by atoms with Crippen LogP contribution in [0.2, 0.25) is 0 Å². The van der Waals surface area contributed by atoms with Crippen molar-refractivity contribution in [2.24, 2.45) is 0 Å². The van der Waals surface area contributed by atoms with Gasteiger partial charge in [-0.2, -0.15) is 0 Å². The van der Waals surface area contributed by atoms with Crippen molar-refractivity contribution >= 4 is 11.9 Å². The van der Waals surface area contributed by atoms with E-state index in [2.05, 4.69) is 16.0 Å². The molecule has 1 aromatic carbocycles. The van der Waals surface area contributed by atoms with Crippen LogP contribution in [0.1, 0.15) is 56.9 Å². The van der Waals surface area contributed by atoms with E-state index in [0.717, 1.165) is 31.2 Å². The van der Waals surface area contributed by atoms with Crippen LogP contribution in [0.3, 0.4) is 0 Å². The van der Waals surface area contributed by atoms with Gasteiger partial charge in [0.25, 0.3) is 0 Å². The molecule has 29 heavy (non-hydrogen) atoms. The Kier molecular flexibility index (Phi) is 8.31. The summed E-state index contributed by atoms with van der Waals surface area (Å²) in [7, 11) is 0. The van der Waals surface area contributed by atoms with E-state index in [9.17, 15) is 14.7 Å². The molecule has 1 aliphatic heterocycles. The number of amides is 3. The number of urea groups is 1. The lowest BCUT2D eigenvalue weighted by Gasteiger charge is -2.36. The fourth-order valence-electron chi connectivity index (χ4n) is 4.16. The summed E-state index contributed by atoms with van der Waals surface area (Å²) < 4.78 is 5.91. The Balaban J connectivity index is 1.40. The first kappa shape index (κ1) is 21.6. The summed E-state index contributed by atoms with van der Waals surface area (Å²) in [6, 6.07) is 9.55. The summed E-state index contributed by atoms with van der Waals surface area (Å²) in [5.74, 6) is -0.0722. The van der Waals surface area contributed by atoms with Crippen molar-refractivity contribution in [2.45, 2.75) is 82.2 Å². The molecule has 1 aliphatic carbocycles. The Hall–Kier alpha value is -2.12. The largest absolute Gasteiger partial charge is 0.394 e. The van der Waals surface area contributed by atoms with Crippen LogP contribution in [-0.4, -0.2) is 47.9 Å². The van der Waals surface area contributed by atoms with Gasteiger partial charge < -0.3 is 25.8 Å². The van der Waals surface area contributed by atoms with Gasteiger partial charge >= 0.3 is 6.03 Å². The van der Waals surface area contributed by atoms with Crippen LogP contribution >= 0.6 is 0 Å². The first-order valence-electron chi connectivity index (χ1n) is 10.8. The molecule has 160 valence electrons. The number of aliphatic hydroxyl groups is 1. The minimum Gasteiger partial charge on any atom is -0.394 e. The average Bonchev–Trinajstić information content (AvgIpc) is 2.74. The molecule has 3 rings (SSSR count). The number of carbonyl (C=O) groups is 2. The van der Waals surface area contributed by atoms with Gasteiger partial charge in [-0.1, -0.05) is 49.6 Å². The highest BCUT2D eigenvalue weighted by Crippen LogP contribution is 2.22. The third-order valence-electron chi connectivity index (χ3n) is 5.80. The van der Waals surface area contributed by atoms with Gasteiger partial charge in [0.1, 0.15) is 6.10 Å². The van der Waals surface area contributed by atoms with E-state index >= 15 is 0 Å². The summed E-state index contributed by atoms with van der Waals surface area (Å²) in [6.07, 6.45) is 6.47. The van der Waals surface area contributed by atoms with E-state index in [1.807, 2.05) is 30.3 Å². The molecule has 3 atom stereocenters. The van der Waals surface area contributed by atoms with E-state index in [0.29, 0.717) is 19.4 Å². The Morgan fingerprint density at radius 1 is 1.00 bits per heavy atom. The molecule has 1 aromatic rings. The van der Waals surface area contributed by atoms with Gasteiger partial charge in [0.15, 0.2) is 0 Å². The second-order valence-corrected chi connectivity index (χ2v) is 8.08. The number of nitrogens with one attached hydrogen (secondary N) is 3. The molecule has 7 heteroatoms. The number of hydrogen-bond acceptors (Lipinski definition) is 4. The summed E-state index contributed by atoms with van der Waals surface area (Å²) in [5, 5.41) is 18.6. The zero-order chi connectivity index (χ0) is 20.5. The van der Waals surface area contributed by atoms with Crippen molar-refractivity contribution in [3.05, 3.63) is 35.9 Å².